The smallest absolute Gasteiger partial charge is 0.314 e. The highest BCUT2D eigenvalue weighted by Crippen LogP contribution is 2.38. The molecule has 3 rings (SSSR count). The fourth-order valence-electron chi connectivity index (χ4n) is 3.16. The molecule has 1 aliphatic heterocycles. The molecule has 1 fully saturated rings. The summed E-state index contributed by atoms with van der Waals surface area (Å²) in [5.41, 5.74) is 0.673. The van der Waals surface area contributed by atoms with Gasteiger partial charge in [-0.05, 0) is 17.2 Å². The van der Waals surface area contributed by atoms with E-state index in [1.807, 2.05) is 30.3 Å². The van der Waals surface area contributed by atoms with Crippen LogP contribution in [0.1, 0.15) is 22.7 Å². The Morgan fingerprint density at radius 2 is 1.48 bits per heavy atom. The molecule has 0 spiro atoms. The summed E-state index contributed by atoms with van der Waals surface area (Å²) >= 11 is 0. The van der Waals surface area contributed by atoms with Crippen LogP contribution >= 0.6 is 0 Å². The number of rotatable bonds is 3. The number of alkyl halides is 3. The summed E-state index contributed by atoms with van der Waals surface area (Å²) in [7, 11) is 0. The molecule has 2 nitrogen and oxygen atoms in total. The molecule has 1 N–H and O–H groups in total. The summed E-state index contributed by atoms with van der Waals surface area (Å²) in [6.07, 6.45) is -4.35. The molecule has 0 aliphatic carbocycles. The third-order valence-corrected chi connectivity index (χ3v) is 4.19. The van der Waals surface area contributed by atoms with E-state index in [0.717, 1.165) is 31.7 Å². The molecular formula is C18H19F3N2. The Labute approximate surface area is 133 Å². The van der Waals surface area contributed by atoms with Gasteiger partial charge in [-0.15, -0.1) is 0 Å². The number of halogens is 3. The van der Waals surface area contributed by atoms with E-state index in [4.69, 9.17) is 0 Å². The van der Waals surface area contributed by atoms with Crippen molar-refractivity contribution in [3.05, 3.63) is 71.3 Å². The first-order chi connectivity index (χ1) is 11.1. The molecule has 0 aromatic heterocycles. The van der Waals surface area contributed by atoms with Gasteiger partial charge in [0, 0.05) is 26.2 Å². The van der Waals surface area contributed by atoms with Crippen LogP contribution in [0.3, 0.4) is 0 Å². The standard InChI is InChI=1S/C18H19F3N2/c19-18(20,21)16-9-5-4-8-15(16)17(14-6-2-1-3-7-14)23-12-10-22-11-13-23/h1-9,17,22H,10-13H2/t17-/m0/s1. The van der Waals surface area contributed by atoms with Crippen molar-refractivity contribution in [1.29, 1.82) is 0 Å². The fourth-order valence-corrected chi connectivity index (χ4v) is 3.16. The molecule has 2 aromatic carbocycles. The van der Waals surface area contributed by atoms with E-state index in [0.29, 0.717) is 5.56 Å². The normalized spacial score (nSPS) is 17.9. The van der Waals surface area contributed by atoms with Crippen molar-refractivity contribution in [2.75, 3.05) is 26.2 Å². The average Bonchev–Trinajstić information content (AvgIpc) is 2.57. The third kappa shape index (κ3) is 3.57. The van der Waals surface area contributed by atoms with Crippen LogP contribution in [0.2, 0.25) is 0 Å². The Kier molecular flexibility index (Phi) is 4.68. The van der Waals surface area contributed by atoms with Gasteiger partial charge < -0.3 is 5.32 Å². The van der Waals surface area contributed by atoms with Crippen molar-refractivity contribution in [2.24, 2.45) is 0 Å². The van der Waals surface area contributed by atoms with Crippen molar-refractivity contribution in [2.45, 2.75) is 12.2 Å². The zero-order chi connectivity index (χ0) is 16.3. The minimum absolute atomic E-state index is 0.327. The van der Waals surface area contributed by atoms with Crippen molar-refractivity contribution in [1.82, 2.24) is 10.2 Å². The van der Waals surface area contributed by atoms with Crippen LogP contribution < -0.4 is 5.32 Å². The molecule has 23 heavy (non-hydrogen) atoms. The summed E-state index contributed by atoms with van der Waals surface area (Å²) in [4.78, 5) is 2.12. The van der Waals surface area contributed by atoms with Gasteiger partial charge >= 0.3 is 6.18 Å². The zero-order valence-corrected chi connectivity index (χ0v) is 12.7. The summed E-state index contributed by atoms with van der Waals surface area (Å²) < 4.78 is 40.4. The molecule has 1 atom stereocenters. The number of nitrogens with one attached hydrogen (secondary N) is 1. The quantitative estimate of drug-likeness (QED) is 0.928. The van der Waals surface area contributed by atoms with Gasteiger partial charge in [-0.3, -0.25) is 4.90 Å². The molecule has 1 saturated heterocycles. The van der Waals surface area contributed by atoms with Gasteiger partial charge in [0.2, 0.25) is 0 Å². The largest absolute Gasteiger partial charge is 0.416 e. The van der Waals surface area contributed by atoms with E-state index in [2.05, 4.69) is 10.2 Å². The second-order valence-electron chi connectivity index (χ2n) is 5.68. The van der Waals surface area contributed by atoms with E-state index in [1.54, 1.807) is 12.1 Å². The lowest BCUT2D eigenvalue weighted by molar-refractivity contribution is -0.138. The van der Waals surface area contributed by atoms with E-state index in [9.17, 15) is 13.2 Å². The Hall–Kier alpha value is -1.85. The molecule has 2 aromatic rings. The van der Waals surface area contributed by atoms with Gasteiger partial charge in [-0.2, -0.15) is 13.2 Å². The van der Waals surface area contributed by atoms with Crippen LogP contribution in [0.15, 0.2) is 54.6 Å². The van der Waals surface area contributed by atoms with E-state index >= 15 is 0 Å². The van der Waals surface area contributed by atoms with E-state index < -0.39 is 11.7 Å². The number of hydrogen-bond acceptors (Lipinski definition) is 2. The van der Waals surface area contributed by atoms with Crippen molar-refractivity contribution in [3.63, 3.8) is 0 Å². The molecule has 0 radical (unpaired) electrons. The monoisotopic (exact) mass is 320 g/mol. The Balaban J connectivity index is 2.09. The average molecular weight is 320 g/mol. The lowest BCUT2D eigenvalue weighted by atomic mass is 9.92. The van der Waals surface area contributed by atoms with Crippen LogP contribution in [-0.2, 0) is 6.18 Å². The van der Waals surface area contributed by atoms with Crippen molar-refractivity contribution in [3.8, 4) is 0 Å². The fraction of sp³-hybridized carbons (Fsp3) is 0.333. The van der Waals surface area contributed by atoms with Crippen molar-refractivity contribution < 1.29 is 13.2 Å². The predicted octanol–water partition coefficient (Wildman–Crippen LogP) is 3.70. The summed E-state index contributed by atoms with van der Waals surface area (Å²) in [5, 5.41) is 3.25. The molecule has 122 valence electrons. The second-order valence-corrected chi connectivity index (χ2v) is 5.68. The summed E-state index contributed by atoms with van der Waals surface area (Å²) in [6, 6.07) is 15.0. The van der Waals surface area contributed by atoms with Gasteiger partial charge in [0.05, 0.1) is 11.6 Å². The third-order valence-electron chi connectivity index (χ3n) is 4.19. The highest BCUT2D eigenvalue weighted by atomic mass is 19.4. The maximum absolute atomic E-state index is 13.5. The minimum atomic E-state index is -4.35. The molecule has 0 saturated carbocycles. The Morgan fingerprint density at radius 3 is 2.13 bits per heavy atom. The highest BCUT2D eigenvalue weighted by molar-refractivity contribution is 5.39. The molecule has 1 aliphatic rings. The molecular weight excluding hydrogens is 301 g/mol. The van der Waals surface area contributed by atoms with Crippen LogP contribution in [0.25, 0.3) is 0 Å². The van der Waals surface area contributed by atoms with Gasteiger partial charge in [0.25, 0.3) is 0 Å². The number of piperazine rings is 1. The number of benzene rings is 2. The molecule has 0 unspecified atom stereocenters. The van der Waals surface area contributed by atoms with Crippen molar-refractivity contribution >= 4 is 0 Å². The first kappa shape index (κ1) is 16.0. The Morgan fingerprint density at radius 1 is 0.870 bits per heavy atom. The van der Waals surface area contributed by atoms with Gasteiger partial charge in [-0.25, -0.2) is 0 Å². The van der Waals surface area contributed by atoms with Crippen LogP contribution in [0, 0.1) is 0 Å². The second kappa shape index (κ2) is 6.72. The summed E-state index contributed by atoms with van der Waals surface area (Å²) in [6.45, 7) is 3.03. The lowest BCUT2D eigenvalue weighted by Gasteiger charge is -2.36. The topological polar surface area (TPSA) is 15.3 Å². The van der Waals surface area contributed by atoms with Crippen LogP contribution in [0.5, 0.6) is 0 Å². The van der Waals surface area contributed by atoms with E-state index in [-0.39, 0.29) is 6.04 Å². The van der Waals surface area contributed by atoms with E-state index in [1.165, 1.54) is 12.1 Å². The lowest BCUT2D eigenvalue weighted by Crippen LogP contribution is -2.45. The Bertz CT molecular complexity index is 634. The molecule has 1 heterocycles. The first-order valence-electron chi connectivity index (χ1n) is 7.73. The van der Waals surface area contributed by atoms with Gasteiger partial charge in [-0.1, -0.05) is 48.5 Å². The van der Waals surface area contributed by atoms with Crippen LogP contribution in [-0.4, -0.2) is 31.1 Å². The zero-order valence-electron chi connectivity index (χ0n) is 12.7. The SMILES string of the molecule is FC(F)(F)c1ccccc1[C@H](c1ccccc1)N1CCNCC1. The maximum Gasteiger partial charge on any atom is 0.416 e. The highest BCUT2D eigenvalue weighted by Gasteiger charge is 2.37. The van der Waals surface area contributed by atoms with Gasteiger partial charge in [0.15, 0.2) is 0 Å². The predicted molar refractivity (Wildman–Crippen MR) is 84.2 cm³/mol. The molecule has 0 amide bonds. The summed E-state index contributed by atoms with van der Waals surface area (Å²) in [5.74, 6) is 0. The van der Waals surface area contributed by atoms with Gasteiger partial charge in [0.1, 0.15) is 0 Å². The minimum Gasteiger partial charge on any atom is -0.314 e. The molecule has 5 heteroatoms. The maximum atomic E-state index is 13.5. The number of hydrogen-bond donors (Lipinski definition) is 1. The van der Waals surface area contributed by atoms with Crippen LogP contribution in [0.4, 0.5) is 13.2 Å². The first-order valence-corrected chi connectivity index (χ1v) is 7.73. The number of nitrogens with zero attached hydrogens (tertiary/aromatic N) is 1. The molecule has 0 bridgehead atoms.